The second-order valence-electron chi connectivity index (χ2n) is 4.95. The van der Waals surface area contributed by atoms with E-state index in [0.717, 1.165) is 24.5 Å². The maximum atomic E-state index is 12.1. The molecule has 0 aromatic carbocycles. The molecule has 1 aromatic rings. The zero-order valence-corrected chi connectivity index (χ0v) is 11.1. The first kappa shape index (κ1) is 12.6. The average molecular weight is 252 g/mol. The third kappa shape index (κ3) is 3.28. The van der Waals surface area contributed by atoms with Gasteiger partial charge in [-0.15, -0.1) is 11.3 Å². The van der Waals surface area contributed by atoms with Crippen molar-refractivity contribution in [3.05, 3.63) is 11.1 Å². The van der Waals surface area contributed by atoms with E-state index < -0.39 is 0 Å². The van der Waals surface area contributed by atoms with E-state index in [1.807, 2.05) is 5.38 Å². The molecule has 3 nitrogen and oxygen atoms in total. The number of carbonyl (C=O) groups excluding carboxylic acids is 1. The van der Waals surface area contributed by atoms with E-state index in [9.17, 15) is 4.79 Å². The first-order chi connectivity index (χ1) is 8.19. The molecule has 1 aromatic heterocycles. The second-order valence-corrected chi connectivity index (χ2v) is 5.84. The van der Waals surface area contributed by atoms with Crippen LogP contribution < -0.4 is 5.73 Å². The molecule has 0 saturated heterocycles. The molecule has 1 fully saturated rings. The van der Waals surface area contributed by atoms with E-state index in [2.05, 4.69) is 11.9 Å². The molecule has 0 atom stereocenters. The molecule has 0 unspecified atom stereocenters. The normalized spacial score (nSPS) is 24.8. The van der Waals surface area contributed by atoms with Gasteiger partial charge in [0.15, 0.2) is 5.13 Å². The van der Waals surface area contributed by atoms with Gasteiger partial charge in [-0.05, 0) is 31.6 Å². The van der Waals surface area contributed by atoms with Gasteiger partial charge in [0.2, 0.25) is 0 Å². The number of hydrogen-bond acceptors (Lipinski definition) is 4. The van der Waals surface area contributed by atoms with Crippen LogP contribution in [-0.2, 0) is 11.2 Å². The van der Waals surface area contributed by atoms with Crippen molar-refractivity contribution in [3.8, 4) is 0 Å². The zero-order chi connectivity index (χ0) is 12.3. The first-order valence-corrected chi connectivity index (χ1v) is 7.29. The highest BCUT2D eigenvalue weighted by atomic mass is 32.1. The van der Waals surface area contributed by atoms with Crippen molar-refractivity contribution in [1.82, 2.24) is 4.98 Å². The third-order valence-corrected chi connectivity index (χ3v) is 4.53. The Balaban J connectivity index is 1.85. The van der Waals surface area contributed by atoms with Gasteiger partial charge < -0.3 is 5.73 Å². The predicted octanol–water partition coefficient (Wildman–Crippen LogP) is 3.05. The minimum absolute atomic E-state index is 0.265. The first-order valence-electron chi connectivity index (χ1n) is 6.41. The molecule has 1 saturated carbocycles. The number of ketones is 1. The van der Waals surface area contributed by atoms with Crippen molar-refractivity contribution >= 4 is 22.3 Å². The zero-order valence-electron chi connectivity index (χ0n) is 10.3. The number of Topliss-reactive ketones (excluding diaryl/α,β-unsaturated/α-hetero) is 1. The van der Waals surface area contributed by atoms with Gasteiger partial charge in [-0.3, -0.25) is 4.79 Å². The Morgan fingerprint density at radius 1 is 1.47 bits per heavy atom. The number of carbonyl (C=O) groups is 1. The van der Waals surface area contributed by atoms with Crippen LogP contribution in [0.3, 0.4) is 0 Å². The fraction of sp³-hybridized carbons (Fsp3) is 0.692. The van der Waals surface area contributed by atoms with Gasteiger partial charge in [0, 0.05) is 17.7 Å². The predicted molar refractivity (Wildman–Crippen MR) is 71.0 cm³/mol. The molecular formula is C13H20N2OS. The highest BCUT2D eigenvalue weighted by Crippen LogP contribution is 2.31. The van der Waals surface area contributed by atoms with Gasteiger partial charge in [-0.1, -0.05) is 13.3 Å². The summed E-state index contributed by atoms with van der Waals surface area (Å²) < 4.78 is 0. The monoisotopic (exact) mass is 252 g/mol. The summed E-state index contributed by atoms with van der Waals surface area (Å²) in [5.41, 5.74) is 6.41. The molecule has 0 radical (unpaired) electrons. The molecule has 17 heavy (non-hydrogen) atoms. The fourth-order valence-corrected chi connectivity index (χ4v) is 3.18. The molecule has 2 rings (SSSR count). The summed E-state index contributed by atoms with van der Waals surface area (Å²) in [6.45, 7) is 2.24. The molecular weight excluding hydrogens is 232 g/mol. The molecule has 1 aliphatic carbocycles. The summed E-state index contributed by atoms with van der Waals surface area (Å²) in [7, 11) is 0. The van der Waals surface area contributed by atoms with Crippen LogP contribution >= 0.6 is 11.3 Å². The second kappa shape index (κ2) is 5.63. The van der Waals surface area contributed by atoms with E-state index >= 15 is 0 Å². The summed E-state index contributed by atoms with van der Waals surface area (Å²) in [6.07, 6.45) is 6.28. The van der Waals surface area contributed by atoms with Crippen molar-refractivity contribution < 1.29 is 4.79 Å². The summed E-state index contributed by atoms with van der Waals surface area (Å²) in [4.78, 5) is 16.2. The van der Waals surface area contributed by atoms with Gasteiger partial charge >= 0.3 is 0 Å². The molecule has 0 amide bonds. The summed E-state index contributed by atoms with van der Waals surface area (Å²) in [5.74, 6) is 1.46. The molecule has 1 aliphatic rings. The molecule has 0 aliphatic heterocycles. The highest BCUT2D eigenvalue weighted by molar-refractivity contribution is 7.13. The van der Waals surface area contributed by atoms with Crippen molar-refractivity contribution in [3.63, 3.8) is 0 Å². The van der Waals surface area contributed by atoms with Crippen LogP contribution in [0, 0.1) is 11.8 Å². The molecule has 2 N–H and O–H groups in total. The summed E-state index contributed by atoms with van der Waals surface area (Å²) in [5, 5.41) is 2.45. The lowest BCUT2D eigenvalue weighted by atomic mass is 9.78. The number of thiazole rings is 1. The highest BCUT2D eigenvalue weighted by Gasteiger charge is 2.25. The van der Waals surface area contributed by atoms with Crippen molar-refractivity contribution in [2.75, 3.05) is 5.73 Å². The van der Waals surface area contributed by atoms with Crippen LogP contribution in [0.5, 0.6) is 0 Å². The summed E-state index contributed by atoms with van der Waals surface area (Å²) in [6, 6.07) is 0. The Labute approximate surface area is 106 Å². The van der Waals surface area contributed by atoms with Crippen LogP contribution in [0.1, 0.15) is 44.7 Å². The minimum Gasteiger partial charge on any atom is -0.375 e. The van der Waals surface area contributed by atoms with E-state index in [4.69, 9.17) is 5.73 Å². The topological polar surface area (TPSA) is 56.0 Å². The maximum absolute atomic E-state index is 12.1. The Morgan fingerprint density at radius 2 is 2.18 bits per heavy atom. The number of rotatable bonds is 4. The van der Waals surface area contributed by atoms with E-state index in [-0.39, 0.29) is 5.92 Å². The van der Waals surface area contributed by atoms with Gasteiger partial charge in [0.25, 0.3) is 0 Å². The van der Waals surface area contributed by atoms with Crippen LogP contribution in [0.25, 0.3) is 0 Å². The van der Waals surface area contributed by atoms with Crippen LogP contribution in [-0.4, -0.2) is 10.8 Å². The number of nitrogens with zero attached hydrogens (tertiary/aromatic N) is 1. The smallest absolute Gasteiger partial charge is 0.180 e. The fourth-order valence-electron chi connectivity index (χ4n) is 2.62. The van der Waals surface area contributed by atoms with E-state index in [1.54, 1.807) is 0 Å². The quantitative estimate of drug-likeness (QED) is 0.896. The number of nitrogen functional groups attached to an aromatic ring is 1. The molecule has 94 valence electrons. The number of hydrogen-bond donors (Lipinski definition) is 1. The SMILES string of the molecule is CCC1CCC(C(=O)Cc2csc(N)n2)CC1. The average Bonchev–Trinajstić information content (AvgIpc) is 2.75. The Bertz CT molecular complexity index is 381. The molecule has 4 heteroatoms. The molecule has 0 spiro atoms. The minimum atomic E-state index is 0.265. The lowest BCUT2D eigenvalue weighted by molar-refractivity contribution is -0.123. The van der Waals surface area contributed by atoms with Crippen molar-refractivity contribution in [1.29, 1.82) is 0 Å². The third-order valence-electron chi connectivity index (χ3n) is 3.80. The number of aromatic nitrogens is 1. The van der Waals surface area contributed by atoms with Gasteiger partial charge in [0.05, 0.1) is 5.69 Å². The van der Waals surface area contributed by atoms with Crippen molar-refractivity contribution in [2.45, 2.75) is 45.4 Å². The van der Waals surface area contributed by atoms with Gasteiger partial charge in [-0.2, -0.15) is 0 Å². The van der Waals surface area contributed by atoms with E-state index in [1.165, 1.54) is 30.6 Å². The maximum Gasteiger partial charge on any atom is 0.180 e. The van der Waals surface area contributed by atoms with E-state index in [0.29, 0.717) is 17.3 Å². The van der Waals surface area contributed by atoms with Crippen LogP contribution in [0.15, 0.2) is 5.38 Å². The molecule has 0 bridgehead atoms. The Hall–Kier alpha value is -0.900. The lowest BCUT2D eigenvalue weighted by Crippen LogP contribution is -2.23. The van der Waals surface area contributed by atoms with Gasteiger partial charge in [0.1, 0.15) is 5.78 Å². The molecule has 1 heterocycles. The number of anilines is 1. The number of nitrogens with two attached hydrogens (primary N) is 1. The Kier molecular flexibility index (Phi) is 4.15. The van der Waals surface area contributed by atoms with Crippen LogP contribution in [0.4, 0.5) is 5.13 Å². The lowest BCUT2D eigenvalue weighted by Gasteiger charge is -2.26. The summed E-state index contributed by atoms with van der Waals surface area (Å²) >= 11 is 1.41. The largest absolute Gasteiger partial charge is 0.375 e. The standard InChI is InChI=1S/C13H20N2OS/c1-2-9-3-5-10(6-4-9)12(16)7-11-8-17-13(14)15-11/h8-10H,2-7H2,1H3,(H2,14,15). The van der Waals surface area contributed by atoms with Crippen LogP contribution in [0.2, 0.25) is 0 Å². The Morgan fingerprint density at radius 3 is 2.71 bits per heavy atom. The van der Waals surface area contributed by atoms with Crippen molar-refractivity contribution in [2.24, 2.45) is 11.8 Å². The van der Waals surface area contributed by atoms with Gasteiger partial charge in [-0.25, -0.2) is 4.98 Å².